The maximum Gasteiger partial charge on any atom is 0.344 e. The van der Waals surface area contributed by atoms with Gasteiger partial charge in [-0.05, 0) is 26.7 Å². The molecule has 18 heavy (non-hydrogen) atoms. The Morgan fingerprint density at radius 3 is 2.94 bits per heavy atom. The Morgan fingerprint density at radius 1 is 1.67 bits per heavy atom. The van der Waals surface area contributed by atoms with Crippen LogP contribution < -0.4 is 11.0 Å². The molecule has 1 atom stereocenters. The van der Waals surface area contributed by atoms with Gasteiger partial charge in [0.25, 0.3) is 0 Å². The van der Waals surface area contributed by atoms with Crippen molar-refractivity contribution < 1.29 is 0 Å². The predicted octanol–water partition coefficient (Wildman–Crippen LogP) is 0.889. The van der Waals surface area contributed by atoms with Crippen LogP contribution in [0, 0.1) is 11.3 Å². The first-order chi connectivity index (χ1) is 8.61. The molecule has 1 aliphatic carbocycles. The van der Waals surface area contributed by atoms with Crippen LogP contribution in [0.15, 0.2) is 9.95 Å². The molecule has 0 spiro atoms. The molecule has 6 nitrogen and oxygen atoms in total. The van der Waals surface area contributed by atoms with Crippen LogP contribution in [0.3, 0.4) is 0 Å². The Morgan fingerprint density at radius 2 is 2.39 bits per heavy atom. The Kier molecular flexibility index (Phi) is 4.09. The van der Waals surface area contributed by atoms with E-state index < -0.39 is 0 Å². The fraction of sp³-hybridized carbons (Fsp3) is 0.727. The van der Waals surface area contributed by atoms with E-state index >= 15 is 0 Å². The highest BCUT2D eigenvalue weighted by atomic mass is 32.2. The number of nitriles is 1. The van der Waals surface area contributed by atoms with Crippen LogP contribution in [-0.4, -0.2) is 32.6 Å². The summed E-state index contributed by atoms with van der Waals surface area (Å²) in [6.07, 6.45) is 2.08. The molecule has 1 saturated carbocycles. The number of hydrogen-bond acceptors (Lipinski definition) is 5. The lowest BCUT2D eigenvalue weighted by atomic mass is 10.3. The summed E-state index contributed by atoms with van der Waals surface area (Å²) in [6, 6.07) is 2.56. The van der Waals surface area contributed by atoms with Crippen molar-refractivity contribution in [3.05, 3.63) is 10.5 Å². The molecule has 0 aliphatic heterocycles. The molecular formula is C11H17N5OS. The highest BCUT2D eigenvalue weighted by Crippen LogP contribution is 2.36. The molecule has 0 saturated heterocycles. The summed E-state index contributed by atoms with van der Waals surface area (Å²) < 4.78 is 1.70. The van der Waals surface area contributed by atoms with Crippen LogP contribution in [0.4, 0.5) is 0 Å². The van der Waals surface area contributed by atoms with Crippen molar-refractivity contribution in [1.29, 1.82) is 5.26 Å². The minimum atomic E-state index is -0.227. The summed E-state index contributed by atoms with van der Waals surface area (Å²) >= 11 is 1.45. The number of rotatable bonds is 6. The zero-order chi connectivity index (χ0) is 13.1. The lowest BCUT2D eigenvalue weighted by molar-refractivity contribution is 0.559. The molecule has 1 aromatic rings. The van der Waals surface area contributed by atoms with E-state index in [-0.39, 0.29) is 17.8 Å². The minimum absolute atomic E-state index is 0.148. The van der Waals surface area contributed by atoms with Gasteiger partial charge in [0.2, 0.25) is 0 Å². The average molecular weight is 267 g/mol. The normalized spacial score (nSPS) is 16.8. The second-order valence-electron chi connectivity index (χ2n) is 4.73. The van der Waals surface area contributed by atoms with Crippen molar-refractivity contribution in [2.24, 2.45) is 0 Å². The third kappa shape index (κ3) is 3.15. The van der Waals surface area contributed by atoms with Crippen LogP contribution in [0.25, 0.3) is 0 Å². The molecule has 0 amide bonds. The van der Waals surface area contributed by atoms with Crippen molar-refractivity contribution in [2.45, 2.75) is 50.0 Å². The molecule has 2 N–H and O–H groups in total. The van der Waals surface area contributed by atoms with Gasteiger partial charge in [0, 0.05) is 17.8 Å². The average Bonchev–Trinajstić information content (AvgIpc) is 3.09. The van der Waals surface area contributed by atoms with Gasteiger partial charge >= 0.3 is 5.69 Å². The van der Waals surface area contributed by atoms with Gasteiger partial charge in [-0.2, -0.15) is 5.26 Å². The van der Waals surface area contributed by atoms with Gasteiger partial charge in [0.05, 0.1) is 6.07 Å². The van der Waals surface area contributed by atoms with E-state index in [0.29, 0.717) is 17.0 Å². The van der Waals surface area contributed by atoms with Crippen molar-refractivity contribution in [1.82, 2.24) is 20.1 Å². The lowest BCUT2D eigenvalue weighted by Crippen LogP contribution is -2.35. The molecule has 7 heteroatoms. The molecule has 1 heterocycles. The summed E-state index contributed by atoms with van der Waals surface area (Å²) in [5, 5.41) is 19.4. The molecule has 0 bridgehead atoms. The molecule has 0 radical (unpaired) electrons. The van der Waals surface area contributed by atoms with Gasteiger partial charge in [0.1, 0.15) is 6.04 Å². The maximum absolute atomic E-state index is 11.6. The topological polar surface area (TPSA) is 86.5 Å². The standard InChI is InChI=1S/C11H17N5OS/c1-7(2)13-8(5-12)6-18-11-15-14-10(17)16(11)9-3-4-9/h7-9,13H,3-4,6H2,1-2H3,(H,14,17). The summed E-state index contributed by atoms with van der Waals surface area (Å²) in [5.74, 6) is 0.589. The van der Waals surface area contributed by atoms with Crippen LogP contribution in [-0.2, 0) is 0 Å². The summed E-state index contributed by atoms with van der Waals surface area (Å²) in [7, 11) is 0. The number of aromatic amines is 1. The van der Waals surface area contributed by atoms with E-state index in [0.717, 1.165) is 12.8 Å². The summed E-state index contributed by atoms with van der Waals surface area (Å²) in [4.78, 5) is 11.6. The Balaban J connectivity index is 1.97. The molecule has 0 aromatic carbocycles. The Hall–Kier alpha value is -1.26. The molecular weight excluding hydrogens is 250 g/mol. The highest BCUT2D eigenvalue weighted by molar-refractivity contribution is 7.99. The molecule has 2 rings (SSSR count). The van der Waals surface area contributed by atoms with E-state index in [2.05, 4.69) is 21.6 Å². The van der Waals surface area contributed by atoms with Crippen LogP contribution in [0.5, 0.6) is 0 Å². The molecule has 1 fully saturated rings. The molecule has 1 unspecified atom stereocenters. The SMILES string of the molecule is CC(C)NC(C#N)CSc1n[nH]c(=O)n1C1CC1. The van der Waals surface area contributed by atoms with Crippen molar-refractivity contribution in [2.75, 3.05) is 5.75 Å². The van der Waals surface area contributed by atoms with Gasteiger partial charge in [-0.1, -0.05) is 11.8 Å². The van der Waals surface area contributed by atoms with Gasteiger partial charge in [0.15, 0.2) is 5.16 Å². The summed E-state index contributed by atoms with van der Waals surface area (Å²) in [6.45, 7) is 4.01. The van der Waals surface area contributed by atoms with Gasteiger partial charge in [-0.25, -0.2) is 9.89 Å². The monoisotopic (exact) mass is 267 g/mol. The van der Waals surface area contributed by atoms with Crippen molar-refractivity contribution >= 4 is 11.8 Å². The van der Waals surface area contributed by atoms with Gasteiger partial charge in [-0.15, -0.1) is 5.10 Å². The third-order valence-corrected chi connectivity index (χ3v) is 3.70. The molecule has 1 aromatic heterocycles. The summed E-state index contributed by atoms with van der Waals surface area (Å²) in [5.41, 5.74) is -0.148. The predicted molar refractivity (Wildman–Crippen MR) is 69.5 cm³/mol. The maximum atomic E-state index is 11.6. The van der Waals surface area contributed by atoms with E-state index in [1.54, 1.807) is 4.57 Å². The number of nitrogens with one attached hydrogen (secondary N) is 2. The molecule has 98 valence electrons. The van der Waals surface area contributed by atoms with Crippen molar-refractivity contribution in [3.8, 4) is 6.07 Å². The lowest BCUT2D eigenvalue weighted by Gasteiger charge is -2.13. The first kappa shape index (κ1) is 13.2. The minimum Gasteiger partial charge on any atom is -0.299 e. The fourth-order valence-corrected chi connectivity index (χ4v) is 2.70. The first-order valence-corrected chi connectivity index (χ1v) is 7.05. The Labute approximate surface area is 110 Å². The smallest absolute Gasteiger partial charge is 0.299 e. The quantitative estimate of drug-likeness (QED) is 0.747. The van der Waals surface area contributed by atoms with E-state index in [4.69, 9.17) is 5.26 Å². The second kappa shape index (κ2) is 5.59. The number of H-pyrrole nitrogens is 1. The third-order valence-electron chi connectivity index (χ3n) is 2.65. The Bertz CT molecular complexity index is 496. The van der Waals surface area contributed by atoms with Crippen LogP contribution in [0.2, 0.25) is 0 Å². The largest absolute Gasteiger partial charge is 0.344 e. The van der Waals surface area contributed by atoms with Crippen LogP contribution in [0.1, 0.15) is 32.7 Å². The van der Waals surface area contributed by atoms with Crippen LogP contribution >= 0.6 is 11.8 Å². The first-order valence-electron chi connectivity index (χ1n) is 6.07. The second-order valence-corrected chi connectivity index (χ2v) is 5.71. The number of aromatic nitrogens is 3. The highest BCUT2D eigenvalue weighted by Gasteiger charge is 2.28. The molecule has 1 aliphatic rings. The van der Waals surface area contributed by atoms with Gasteiger partial charge < -0.3 is 0 Å². The fourth-order valence-electron chi connectivity index (χ4n) is 1.73. The van der Waals surface area contributed by atoms with E-state index in [9.17, 15) is 4.79 Å². The number of thioether (sulfide) groups is 1. The number of nitrogens with zero attached hydrogens (tertiary/aromatic N) is 3. The zero-order valence-electron chi connectivity index (χ0n) is 10.5. The number of hydrogen-bond donors (Lipinski definition) is 2. The zero-order valence-corrected chi connectivity index (χ0v) is 11.3. The van der Waals surface area contributed by atoms with Gasteiger partial charge in [-0.3, -0.25) is 9.88 Å². The van der Waals surface area contributed by atoms with E-state index in [1.807, 2.05) is 13.8 Å². The van der Waals surface area contributed by atoms with E-state index in [1.165, 1.54) is 11.8 Å². The van der Waals surface area contributed by atoms with Crippen molar-refractivity contribution in [3.63, 3.8) is 0 Å².